The zero-order chi connectivity index (χ0) is 13.1. The van der Waals surface area contributed by atoms with E-state index in [4.69, 9.17) is 5.11 Å². The molecule has 1 aliphatic rings. The highest BCUT2D eigenvalue weighted by Gasteiger charge is 2.30. The van der Waals surface area contributed by atoms with E-state index >= 15 is 0 Å². The van der Waals surface area contributed by atoms with Gasteiger partial charge in [0, 0.05) is 16.1 Å². The van der Waals surface area contributed by atoms with Crippen LogP contribution in [0.5, 0.6) is 0 Å². The van der Waals surface area contributed by atoms with E-state index in [0.29, 0.717) is 18.4 Å². The maximum atomic E-state index is 11.9. The van der Waals surface area contributed by atoms with Crippen LogP contribution in [0.3, 0.4) is 0 Å². The van der Waals surface area contributed by atoms with Crippen LogP contribution in [-0.4, -0.2) is 23.0 Å². The third kappa shape index (κ3) is 3.10. The van der Waals surface area contributed by atoms with Crippen molar-refractivity contribution >= 4 is 27.8 Å². The summed E-state index contributed by atoms with van der Waals surface area (Å²) in [6, 6.07) is 7.07. The molecule has 0 heterocycles. The lowest BCUT2D eigenvalue weighted by Crippen LogP contribution is -2.33. The highest BCUT2D eigenvalue weighted by molar-refractivity contribution is 9.10. The normalized spacial score (nSPS) is 22.7. The predicted molar refractivity (Wildman–Crippen MR) is 70.4 cm³/mol. The van der Waals surface area contributed by atoms with E-state index in [9.17, 15) is 9.59 Å². The molecule has 4 nitrogen and oxygen atoms in total. The van der Waals surface area contributed by atoms with Crippen molar-refractivity contribution in [3.63, 3.8) is 0 Å². The molecule has 0 radical (unpaired) electrons. The van der Waals surface area contributed by atoms with E-state index in [1.165, 1.54) is 0 Å². The summed E-state index contributed by atoms with van der Waals surface area (Å²) < 4.78 is 0.922. The number of halogens is 1. The van der Waals surface area contributed by atoms with Crippen molar-refractivity contribution < 1.29 is 14.7 Å². The van der Waals surface area contributed by atoms with E-state index in [0.717, 1.165) is 10.9 Å². The second kappa shape index (κ2) is 5.52. The Morgan fingerprint density at radius 2 is 1.89 bits per heavy atom. The SMILES string of the molecule is O=C(N[C@H]1CC[C@@H](C(=O)O)C1)c1ccc(Br)cc1. The van der Waals surface area contributed by atoms with Gasteiger partial charge in [-0.15, -0.1) is 0 Å². The van der Waals surface area contributed by atoms with Gasteiger partial charge in [0.1, 0.15) is 0 Å². The molecule has 2 rings (SSSR count). The van der Waals surface area contributed by atoms with Gasteiger partial charge in [-0.1, -0.05) is 15.9 Å². The summed E-state index contributed by atoms with van der Waals surface area (Å²) in [6.07, 6.45) is 1.90. The standard InChI is InChI=1S/C13H14BrNO3/c14-10-4-1-8(2-5-10)12(16)15-11-6-3-9(7-11)13(17)18/h1-2,4-5,9,11H,3,6-7H2,(H,15,16)(H,17,18)/t9-,11+/m1/s1. The van der Waals surface area contributed by atoms with Crippen LogP contribution in [0.15, 0.2) is 28.7 Å². The average molecular weight is 312 g/mol. The Labute approximate surface area is 114 Å². The molecule has 2 atom stereocenters. The molecule has 1 amide bonds. The van der Waals surface area contributed by atoms with Crippen molar-refractivity contribution in [2.75, 3.05) is 0 Å². The number of carbonyl (C=O) groups excluding carboxylic acids is 1. The van der Waals surface area contributed by atoms with Crippen LogP contribution < -0.4 is 5.32 Å². The lowest BCUT2D eigenvalue weighted by atomic mass is 10.1. The van der Waals surface area contributed by atoms with Gasteiger partial charge in [0.25, 0.3) is 5.91 Å². The molecule has 0 saturated heterocycles. The van der Waals surface area contributed by atoms with Gasteiger partial charge in [0.2, 0.25) is 0 Å². The third-order valence-electron chi connectivity index (χ3n) is 3.22. The van der Waals surface area contributed by atoms with Crippen LogP contribution in [0.2, 0.25) is 0 Å². The molecule has 1 aromatic carbocycles. The first-order valence-corrected chi connectivity index (χ1v) is 6.65. The number of nitrogens with one attached hydrogen (secondary N) is 1. The average Bonchev–Trinajstić information content (AvgIpc) is 2.78. The summed E-state index contributed by atoms with van der Waals surface area (Å²) in [5.41, 5.74) is 0.594. The summed E-state index contributed by atoms with van der Waals surface area (Å²) >= 11 is 3.31. The van der Waals surface area contributed by atoms with Crippen LogP contribution >= 0.6 is 15.9 Å². The molecule has 96 valence electrons. The maximum Gasteiger partial charge on any atom is 0.306 e. The Bertz CT molecular complexity index is 458. The molecule has 1 aliphatic carbocycles. The van der Waals surface area contributed by atoms with Crippen molar-refractivity contribution in [1.29, 1.82) is 0 Å². The molecule has 18 heavy (non-hydrogen) atoms. The number of carboxylic acid groups (broad SMARTS) is 1. The van der Waals surface area contributed by atoms with Crippen molar-refractivity contribution in [2.24, 2.45) is 5.92 Å². The van der Waals surface area contributed by atoms with Gasteiger partial charge in [0.05, 0.1) is 5.92 Å². The van der Waals surface area contributed by atoms with E-state index in [-0.39, 0.29) is 17.9 Å². The summed E-state index contributed by atoms with van der Waals surface area (Å²) in [7, 11) is 0. The van der Waals surface area contributed by atoms with E-state index in [1.807, 2.05) is 12.1 Å². The van der Waals surface area contributed by atoms with Gasteiger partial charge in [-0.3, -0.25) is 9.59 Å². The van der Waals surface area contributed by atoms with Crippen LogP contribution in [0.25, 0.3) is 0 Å². The molecule has 2 N–H and O–H groups in total. The maximum absolute atomic E-state index is 11.9. The lowest BCUT2D eigenvalue weighted by molar-refractivity contribution is -0.141. The molecule has 0 aromatic heterocycles. The van der Waals surface area contributed by atoms with Gasteiger partial charge in [-0.05, 0) is 43.5 Å². The van der Waals surface area contributed by atoms with Crippen LogP contribution in [0, 0.1) is 5.92 Å². The monoisotopic (exact) mass is 311 g/mol. The Hall–Kier alpha value is -1.36. The second-order valence-electron chi connectivity index (χ2n) is 4.53. The zero-order valence-corrected chi connectivity index (χ0v) is 11.3. The molecular weight excluding hydrogens is 298 g/mol. The number of hydrogen-bond acceptors (Lipinski definition) is 2. The highest BCUT2D eigenvalue weighted by atomic mass is 79.9. The molecule has 1 fully saturated rings. The highest BCUT2D eigenvalue weighted by Crippen LogP contribution is 2.25. The number of benzene rings is 1. The van der Waals surface area contributed by atoms with Gasteiger partial charge in [-0.2, -0.15) is 0 Å². The fraction of sp³-hybridized carbons (Fsp3) is 0.385. The molecule has 0 spiro atoms. The van der Waals surface area contributed by atoms with Gasteiger partial charge in [0.15, 0.2) is 0 Å². The first kappa shape index (κ1) is 13.1. The molecule has 0 aliphatic heterocycles. The number of hydrogen-bond donors (Lipinski definition) is 2. The second-order valence-corrected chi connectivity index (χ2v) is 5.44. The summed E-state index contributed by atoms with van der Waals surface area (Å²) in [5, 5.41) is 11.8. The summed E-state index contributed by atoms with van der Waals surface area (Å²) in [5.74, 6) is -1.23. The fourth-order valence-corrected chi connectivity index (χ4v) is 2.47. The van der Waals surface area contributed by atoms with Crippen molar-refractivity contribution in [3.8, 4) is 0 Å². The molecule has 0 unspecified atom stereocenters. The molecule has 0 bridgehead atoms. The molecule has 1 saturated carbocycles. The number of amides is 1. The summed E-state index contributed by atoms with van der Waals surface area (Å²) in [4.78, 5) is 22.7. The number of rotatable bonds is 3. The number of carboxylic acids is 1. The summed E-state index contributed by atoms with van der Waals surface area (Å²) in [6.45, 7) is 0. The topological polar surface area (TPSA) is 66.4 Å². The molecule has 1 aromatic rings. The largest absolute Gasteiger partial charge is 0.481 e. The number of aliphatic carboxylic acids is 1. The number of carbonyl (C=O) groups is 2. The van der Waals surface area contributed by atoms with Crippen molar-refractivity contribution in [1.82, 2.24) is 5.32 Å². The van der Waals surface area contributed by atoms with Gasteiger partial charge >= 0.3 is 5.97 Å². The van der Waals surface area contributed by atoms with E-state index < -0.39 is 5.97 Å². The van der Waals surface area contributed by atoms with E-state index in [1.54, 1.807) is 12.1 Å². The Morgan fingerprint density at radius 3 is 2.44 bits per heavy atom. The lowest BCUT2D eigenvalue weighted by Gasteiger charge is -2.12. The Balaban J connectivity index is 1.92. The predicted octanol–water partition coefficient (Wildman–Crippen LogP) is 2.43. The van der Waals surface area contributed by atoms with Crippen molar-refractivity contribution in [2.45, 2.75) is 25.3 Å². The Morgan fingerprint density at radius 1 is 1.22 bits per heavy atom. The van der Waals surface area contributed by atoms with Crippen molar-refractivity contribution in [3.05, 3.63) is 34.3 Å². The minimum Gasteiger partial charge on any atom is -0.481 e. The smallest absolute Gasteiger partial charge is 0.306 e. The van der Waals surface area contributed by atoms with E-state index in [2.05, 4.69) is 21.2 Å². The Kier molecular flexibility index (Phi) is 4.01. The third-order valence-corrected chi connectivity index (χ3v) is 3.75. The molecular formula is C13H14BrNO3. The van der Waals surface area contributed by atoms with Crippen LogP contribution in [0.1, 0.15) is 29.6 Å². The van der Waals surface area contributed by atoms with Gasteiger partial charge < -0.3 is 10.4 Å². The fourth-order valence-electron chi connectivity index (χ4n) is 2.21. The first-order chi connectivity index (χ1) is 8.56. The van der Waals surface area contributed by atoms with Gasteiger partial charge in [-0.25, -0.2) is 0 Å². The quantitative estimate of drug-likeness (QED) is 0.901. The minimum absolute atomic E-state index is 0.0257. The molecule has 5 heteroatoms. The zero-order valence-electron chi connectivity index (χ0n) is 9.73. The van der Waals surface area contributed by atoms with Crippen LogP contribution in [0.4, 0.5) is 0 Å². The first-order valence-electron chi connectivity index (χ1n) is 5.85. The minimum atomic E-state index is -0.768. The van der Waals surface area contributed by atoms with Crippen LogP contribution in [-0.2, 0) is 4.79 Å².